The minimum Gasteiger partial charge on any atom is -0.497 e. The number of aromatic nitrogens is 3. The maximum atomic E-state index is 12.5. The van der Waals surface area contributed by atoms with Crippen molar-refractivity contribution in [3.63, 3.8) is 0 Å². The van der Waals surface area contributed by atoms with Crippen molar-refractivity contribution in [1.29, 1.82) is 0 Å². The van der Waals surface area contributed by atoms with Crippen molar-refractivity contribution in [3.8, 4) is 11.4 Å². The summed E-state index contributed by atoms with van der Waals surface area (Å²) in [6, 6.07) is 7.19. The lowest BCUT2D eigenvalue weighted by Gasteiger charge is -2.38. The highest BCUT2D eigenvalue weighted by atomic mass is 16.5. The molecule has 0 saturated heterocycles. The third kappa shape index (κ3) is 2.94. The van der Waals surface area contributed by atoms with E-state index >= 15 is 0 Å². The number of hydrogen-bond donors (Lipinski definition) is 1. The van der Waals surface area contributed by atoms with Crippen molar-refractivity contribution in [1.82, 2.24) is 19.9 Å². The largest absolute Gasteiger partial charge is 0.497 e. The molecule has 8 heteroatoms. The number of hydrogen-bond acceptors (Lipinski definition) is 5. The first-order valence-electron chi connectivity index (χ1n) is 7.56. The maximum absolute atomic E-state index is 12.5. The number of carboxylic acid groups (broad SMARTS) is 1. The first-order chi connectivity index (χ1) is 11.5. The molecule has 0 unspecified atom stereocenters. The molecule has 1 N–H and O–H groups in total. The third-order valence-corrected chi connectivity index (χ3v) is 4.36. The van der Waals surface area contributed by atoms with Crippen LogP contribution in [0, 0.1) is 5.92 Å². The Kier molecular flexibility index (Phi) is 4.20. The van der Waals surface area contributed by atoms with Crippen LogP contribution in [0.15, 0.2) is 30.5 Å². The monoisotopic (exact) mass is 330 g/mol. The van der Waals surface area contributed by atoms with Crippen LogP contribution in [0.1, 0.15) is 23.3 Å². The van der Waals surface area contributed by atoms with Crippen molar-refractivity contribution in [2.75, 3.05) is 14.2 Å². The molecule has 1 saturated carbocycles. The van der Waals surface area contributed by atoms with Gasteiger partial charge in [-0.1, -0.05) is 11.3 Å². The molecule has 0 spiro atoms. The van der Waals surface area contributed by atoms with Gasteiger partial charge in [-0.2, -0.15) is 0 Å². The zero-order valence-corrected chi connectivity index (χ0v) is 13.4. The van der Waals surface area contributed by atoms with E-state index in [1.165, 1.54) is 4.68 Å². The molecule has 8 nitrogen and oxygen atoms in total. The molecule has 2 aromatic rings. The number of aliphatic carboxylic acids is 1. The molecule has 1 aromatic heterocycles. The Balaban J connectivity index is 1.71. The summed E-state index contributed by atoms with van der Waals surface area (Å²) in [6.45, 7) is 0. The van der Waals surface area contributed by atoms with E-state index in [0.29, 0.717) is 18.6 Å². The van der Waals surface area contributed by atoms with E-state index in [4.69, 9.17) is 9.84 Å². The highest BCUT2D eigenvalue weighted by Gasteiger charge is 2.39. The molecular formula is C16H18N4O4. The molecule has 1 fully saturated rings. The summed E-state index contributed by atoms with van der Waals surface area (Å²) in [4.78, 5) is 24.9. The summed E-state index contributed by atoms with van der Waals surface area (Å²) < 4.78 is 6.67. The second-order valence-electron chi connectivity index (χ2n) is 5.83. The number of carbonyl (C=O) groups is 2. The summed E-state index contributed by atoms with van der Waals surface area (Å²) >= 11 is 0. The Morgan fingerprint density at radius 1 is 1.38 bits per heavy atom. The van der Waals surface area contributed by atoms with Crippen LogP contribution in [0.3, 0.4) is 0 Å². The van der Waals surface area contributed by atoms with E-state index in [0.717, 1.165) is 5.69 Å². The van der Waals surface area contributed by atoms with Crippen molar-refractivity contribution in [2.45, 2.75) is 18.9 Å². The van der Waals surface area contributed by atoms with E-state index in [2.05, 4.69) is 10.3 Å². The predicted molar refractivity (Wildman–Crippen MR) is 84.2 cm³/mol. The normalized spacial score (nSPS) is 19.4. The second kappa shape index (κ2) is 6.31. The lowest BCUT2D eigenvalue weighted by atomic mass is 9.79. The van der Waals surface area contributed by atoms with E-state index in [9.17, 15) is 9.59 Å². The number of benzene rings is 1. The van der Waals surface area contributed by atoms with Crippen LogP contribution in [-0.4, -0.2) is 57.1 Å². The summed E-state index contributed by atoms with van der Waals surface area (Å²) in [5.74, 6) is -0.756. The molecule has 0 bridgehead atoms. The summed E-state index contributed by atoms with van der Waals surface area (Å²) in [5.41, 5.74) is 0.956. The highest BCUT2D eigenvalue weighted by molar-refractivity contribution is 5.92. The first kappa shape index (κ1) is 16.0. The number of nitrogens with zero attached hydrogens (tertiary/aromatic N) is 4. The average molecular weight is 330 g/mol. The van der Waals surface area contributed by atoms with Gasteiger partial charge in [0.1, 0.15) is 5.75 Å². The van der Waals surface area contributed by atoms with Crippen LogP contribution in [-0.2, 0) is 4.79 Å². The molecule has 1 amide bonds. The SMILES string of the molecule is COc1cccc(-n2cc(C(=O)N(C)C3CC(C(=O)O)C3)nn2)c1. The molecule has 0 radical (unpaired) electrons. The van der Waals surface area contributed by atoms with Gasteiger partial charge in [-0.05, 0) is 25.0 Å². The fourth-order valence-electron chi connectivity index (χ4n) is 2.69. The minimum absolute atomic E-state index is 0.0689. The standard InChI is InChI=1S/C16H18N4O4/c1-19(12-6-10(7-12)16(22)23)15(21)14-9-20(18-17-14)11-4-3-5-13(8-11)24-2/h3-5,8-10,12H,6-7H2,1-2H3,(H,22,23). The van der Waals surface area contributed by atoms with Crippen LogP contribution in [0.25, 0.3) is 5.69 Å². The Hall–Kier alpha value is -2.90. The van der Waals surface area contributed by atoms with Gasteiger partial charge in [0, 0.05) is 19.2 Å². The molecule has 1 aliphatic rings. The van der Waals surface area contributed by atoms with Crippen LogP contribution in [0.5, 0.6) is 5.75 Å². The van der Waals surface area contributed by atoms with Crippen LogP contribution in [0.4, 0.5) is 0 Å². The number of carbonyl (C=O) groups excluding carboxylic acids is 1. The predicted octanol–water partition coefficient (Wildman–Crippen LogP) is 1.21. The van der Waals surface area contributed by atoms with Crippen LogP contribution in [0.2, 0.25) is 0 Å². The van der Waals surface area contributed by atoms with E-state index < -0.39 is 5.97 Å². The van der Waals surface area contributed by atoms with Gasteiger partial charge >= 0.3 is 5.97 Å². The van der Waals surface area contributed by atoms with Gasteiger partial charge in [-0.15, -0.1) is 5.10 Å². The van der Waals surface area contributed by atoms with E-state index in [1.54, 1.807) is 31.3 Å². The van der Waals surface area contributed by atoms with Crippen LogP contribution >= 0.6 is 0 Å². The molecule has 0 aliphatic heterocycles. The van der Waals surface area contributed by atoms with Crippen LogP contribution < -0.4 is 4.74 Å². The van der Waals surface area contributed by atoms with Gasteiger partial charge in [0.25, 0.3) is 5.91 Å². The van der Waals surface area contributed by atoms with Crippen molar-refractivity contribution in [2.24, 2.45) is 5.92 Å². The highest BCUT2D eigenvalue weighted by Crippen LogP contribution is 2.31. The molecule has 1 heterocycles. The van der Waals surface area contributed by atoms with Gasteiger partial charge in [0.05, 0.1) is 24.9 Å². The number of amides is 1. The lowest BCUT2D eigenvalue weighted by Crippen LogP contribution is -2.47. The summed E-state index contributed by atoms with van der Waals surface area (Å²) in [7, 11) is 3.24. The Morgan fingerprint density at radius 2 is 2.12 bits per heavy atom. The molecule has 0 atom stereocenters. The van der Waals surface area contributed by atoms with Gasteiger partial charge in [-0.25, -0.2) is 4.68 Å². The summed E-state index contributed by atoms with van der Waals surface area (Å²) in [5, 5.41) is 16.8. The fourth-order valence-corrected chi connectivity index (χ4v) is 2.69. The molecule has 1 aliphatic carbocycles. The van der Waals surface area contributed by atoms with Gasteiger partial charge in [-0.3, -0.25) is 9.59 Å². The minimum atomic E-state index is -0.809. The maximum Gasteiger partial charge on any atom is 0.306 e. The van der Waals surface area contributed by atoms with E-state index in [1.807, 2.05) is 18.2 Å². The zero-order valence-electron chi connectivity index (χ0n) is 13.4. The average Bonchev–Trinajstić information content (AvgIpc) is 3.02. The van der Waals surface area contributed by atoms with Gasteiger partial charge in [0.15, 0.2) is 5.69 Å². The van der Waals surface area contributed by atoms with Crippen molar-refractivity contribution < 1.29 is 19.4 Å². The second-order valence-corrected chi connectivity index (χ2v) is 5.83. The third-order valence-electron chi connectivity index (χ3n) is 4.36. The Labute approximate surface area is 138 Å². The number of carboxylic acids is 1. The smallest absolute Gasteiger partial charge is 0.306 e. The zero-order chi connectivity index (χ0) is 17.3. The number of ether oxygens (including phenoxy) is 1. The van der Waals surface area contributed by atoms with Crippen molar-refractivity contribution >= 4 is 11.9 Å². The summed E-state index contributed by atoms with van der Waals surface area (Å²) in [6.07, 6.45) is 2.50. The van der Waals surface area contributed by atoms with Gasteiger partial charge in [0.2, 0.25) is 0 Å². The molecule has 126 valence electrons. The number of rotatable bonds is 5. The molecule has 1 aromatic carbocycles. The molecule has 24 heavy (non-hydrogen) atoms. The number of methoxy groups -OCH3 is 1. The van der Waals surface area contributed by atoms with Gasteiger partial charge < -0.3 is 14.7 Å². The first-order valence-corrected chi connectivity index (χ1v) is 7.56. The quantitative estimate of drug-likeness (QED) is 0.885. The topological polar surface area (TPSA) is 97.5 Å². The molecular weight excluding hydrogens is 312 g/mol. The molecule has 3 rings (SSSR count). The lowest BCUT2D eigenvalue weighted by molar-refractivity contribution is -0.146. The Morgan fingerprint density at radius 3 is 2.79 bits per heavy atom. The van der Waals surface area contributed by atoms with Crippen molar-refractivity contribution in [3.05, 3.63) is 36.2 Å². The Bertz CT molecular complexity index is 767. The fraction of sp³-hybridized carbons (Fsp3) is 0.375. The van der Waals surface area contributed by atoms with E-state index in [-0.39, 0.29) is 23.6 Å².